The molecular weight excluding hydrogens is 416 g/mol. The summed E-state index contributed by atoms with van der Waals surface area (Å²) in [5, 5.41) is 14.5. The molecule has 10 heteroatoms. The molecule has 9 nitrogen and oxygen atoms in total. The van der Waals surface area contributed by atoms with E-state index in [9.17, 15) is 19.7 Å². The number of carbonyl (C=O) groups is 2. The molecule has 0 unspecified atom stereocenters. The van der Waals surface area contributed by atoms with Crippen molar-refractivity contribution < 1.29 is 28.7 Å². The van der Waals surface area contributed by atoms with Crippen molar-refractivity contribution in [1.29, 1.82) is 0 Å². The van der Waals surface area contributed by atoms with E-state index in [-0.39, 0.29) is 23.7 Å². The van der Waals surface area contributed by atoms with Gasteiger partial charge in [0.2, 0.25) is 0 Å². The van der Waals surface area contributed by atoms with E-state index in [1.807, 2.05) is 6.07 Å². The molecule has 160 valence electrons. The van der Waals surface area contributed by atoms with Crippen LogP contribution in [0.5, 0.6) is 11.5 Å². The van der Waals surface area contributed by atoms with Crippen LogP contribution >= 0.6 is 11.6 Å². The van der Waals surface area contributed by atoms with Crippen molar-refractivity contribution in [2.24, 2.45) is 0 Å². The Hall–Kier alpha value is -3.33. The number of hydrogen-bond acceptors (Lipinski definition) is 7. The maximum atomic E-state index is 12.3. The van der Waals surface area contributed by atoms with Crippen LogP contribution in [-0.2, 0) is 16.0 Å². The van der Waals surface area contributed by atoms with E-state index in [1.54, 1.807) is 25.1 Å². The zero-order chi connectivity index (χ0) is 22.1. The number of esters is 1. The third kappa shape index (κ3) is 6.35. The lowest BCUT2D eigenvalue weighted by Crippen LogP contribution is -2.30. The number of benzene rings is 2. The summed E-state index contributed by atoms with van der Waals surface area (Å²) < 4.78 is 15.3. The third-order valence-corrected chi connectivity index (χ3v) is 4.19. The van der Waals surface area contributed by atoms with Crippen molar-refractivity contribution in [2.45, 2.75) is 13.3 Å². The molecule has 2 rings (SSSR count). The van der Waals surface area contributed by atoms with E-state index in [0.717, 1.165) is 17.7 Å². The first-order chi connectivity index (χ1) is 14.3. The Labute approximate surface area is 178 Å². The number of nitro groups is 1. The maximum absolute atomic E-state index is 12.3. The molecule has 0 heterocycles. The number of halogens is 1. The average Bonchev–Trinajstić information content (AvgIpc) is 2.72. The van der Waals surface area contributed by atoms with Gasteiger partial charge in [-0.25, -0.2) is 4.79 Å². The molecule has 0 aromatic heterocycles. The van der Waals surface area contributed by atoms with Crippen LogP contribution in [-0.4, -0.2) is 43.7 Å². The molecule has 1 amide bonds. The fourth-order valence-corrected chi connectivity index (χ4v) is 2.80. The molecule has 0 aliphatic carbocycles. The molecule has 0 saturated carbocycles. The lowest BCUT2D eigenvalue weighted by atomic mass is 10.1. The van der Waals surface area contributed by atoms with Crippen LogP contribution < -0.4 is 14.8 Å². The zero-order valence-corrected chi connectivity index (χ0v) is 17.2. The van der Waals surface area contributed by atoms with Crippen molar-refractivity contribution >= 4 is 29.2 Å². The summed E-state index contributed by atoms with van der Waals surface area (Å²) in [6, 6.07) is 9.45. The minimum absolute atomic E-state index is 0.127. The minimum atomic E-state index is -1.02. The number of carbonyl (C=O) groups excluding carboxylic acids is 2. The Morgan fingerprint density at radius 3 is 2.60 bits per heavy atom. The van der Waals surface area contributed by atoms with Gasteiger partial charge in [0.1, 0.15) is 5.56 Å². The molecular formula is C20H21ClN2O7. The van der Waals surface area contributed by atoms with Crippen LogP contribution in [0.25, 0.3) is 0 Å². The maximum Gasteiger partial charge on any atom is 0.345 e. The van der Waals surface area contributed by atoms with Gasteiger partial charge in [-0.3, -0.25) is 14.9 Å². The summed E-state index contributed by atoms with van der Waals surface area (Å²) in [4.78, 5) is 34.9. The van der Waals surface area contributed by atoms with Crippen LogP contribution in [0.1, 0.15) is 22.8 Å². The number of nitro benzene ring substituents is 1. The smallest absolute Gasteiger partial charge is 0.345 e. The van der Waals surface area contributed by atoms with Gasteiger partial charge in [-0.15, -0.1) is 0 Å². The van der Waals surface area contributed by atoms with E-state index in [0.29, 0.717) is 18.0 Å². The van der Waals surface area contributed by atoms with Gasteiger partial charge in [0, 0.05) is 17.6 Å². The van der Waals surface area contributed by atoms with Gasteiger partial charge in [-0.1, -0.05) is 23.7 Å². The highest BCUT2D eigenvalue weighted by Crippen LogP contribution is 2.35. The van der Waals surface area contributed by atoms with Crippen molar-refractivity contribution in [3.63, 3.8) is 0 Å². The Morgan fingerprint density at radius 2 is 1.97 bits per heavy atom. The standard InChI is InChI=1S/C20H21ClN2O7/c1-3-29-18-11-16(23(26)27)15(10-17(18)28-2)20(25)30-12-19(24)22-8-7-13-5-4-6-14(21)9-13/h4-6,9-11H,3,7-8,12H2,1-2H3,(H,22,24). The monoisotopic (exact) mass is 436 g/mol. The minimum Gasteiger partial charge on any atom is -0.493 e. The highest BCUT2D eigenvalue weighted by molar-refractivity contribution is 6.30. The largest absolute Gasteiger partial charge is 0.493 e. The molecule has 0 spiro atoms. The van der Waals surface area contributed by atoms with Crippen LogP contribution in [0.15, 0.2) is 36.4 Å². The summed E-state index contributed by atoms with van der Waals surface area (Å²) in [5.41, 5.74) is 0.0922. The summed E-state index contributed by atoms with van der Waals surface area (Å²) in [7, 11) is 1.34. The third-order valence-electron chi connectivity index (χ3n) is 3.96. The van der Waals surface area contributed by atoms with Crippen LogP contribution in [0, 0.1) is 10.1 Å². The normalized spacial score (nSPS) is 10.2. The Bertz CT molecular complexity index is 933. The molecule has 0 aliphatic rings. The van der Waals surface area contributed by atoms with Gasteiger partial charge in [-0.05, 0) is 31.0 Å². The van der Waals surface area contributed by atoms with Gasteiger partial charge < -0.3 is 19.5 Å². The number of rotatable bonds is 10. The van der Waals surface area contributed by atoms with Crippen molar-refractivity contribution in [3.8, 4) is 11.5 Å². The second-order valence-corrected chi connectivity index (χ2v) is 6.45. The lowest BCUT2D eigenvalue weighted by Gasteiger charge is -2.11. The van der Waals surface area contributed by atoms with E-state index in [2.05, 4.69) is 5.32 Å². The number of ether oxygens (including phenoxy) is 3. The zero-order valence-electron chi connectivity index (χ0n) is 16.5. The van der Waals surface area contributed by atoms with Crippen LogP contribution in [0.2, 0.25) is 5.02 Å². The quantitative estimate of drug-likeness (QED) is 0.345. The molecule has 0 atom stereocenters. The summed E-state index contributed by atoms with van der Waals surface area (Å²) in [5.74, 6) is -1.29. The van der Waals surface area contributed by atoms with Gasteiger partial charge in [0.05, 0.1) is 24.7 Å². The molecule has 2 aromatic carbocycles. The topological polar surface area (TPSA) is 117 Å². The molecule has 2 aromatic rings. The molecule has 0 fully saturated rings. The van der Waals surface area contributed by atoms with E-state index in [1.165, 1.54) is 7.11 Å². The molecule has 0 bridgehead atoms. The van der Waals surface area contributed by atoms with Crippen molar-refractivity contribution in [2.75, 3.05) is 26.9 Å². The van der Waals surface area contributed by atoms with E-state index in [4.69, 9.17) is 25.8 Å². The summed E-state index contributed by atoms with van der Waals surface area (Å²) >= 11 is 5.90. The number of nitrogens with zero attached hydrogens (tertiary/aromatic N) is 1. The number of amides is 1. The Kier molecular flexibility index (Phi) is 8.42. The average molecular weight is 437 g/mol. The Morgan fingerprint density at radius 1 is 1.20 bits per heavy atom. The summed E-state index contributed by atoms with van der Waals surface area (Å²) in [6.45, 7) is 1.69. The summed E-state index contributed by atoms with van der Waals surface area (Å²) in [6.07, 6.45) is 0.543. The first-order valence-corrected chi connectivity index (χ1v) is 9.41. The van der Waals surface area contributed by atoms with Crippen molar-refractivity contribution in [1.82, 2.24) is 5.32 Å². The van der Waals surface area contributed by atoms with Crippen LogP contribution in [0.3, 0.4) is 0 Å². The fraction of sp³-hybridized carbons (Fsp3) is 0.300. The molecule has 30 heavy (non-hydrogen) atoms. The number of methoxy groups -OCH3 is 1. The lowest BCUT2D eigenvalue weighted by molar-refractivity contribution is -0.385. The van der Waals surface area contributed by atoms with Gasteiger partial charge in [0.25, 0.3) is 11.6 Å². The van der Waals surface area contributed by atoms with E-state index >= 15 is 0 Å². The van der Waals surface area contributed by atoms with Crippen molar-refractivity contribution in [3.05, 3.63) is 62.7 Å². The highest BCUT2D eigenvalue weighted by atomic mass is 35.5. The number of hydrogen-bond donors (Lipinski definition) is 1. The highest BCUT2D eigenvalue weighted by Gasteiger charge is 2.26. The Balaban J connectivity index is 1.97. The molecule has 0 saturated heterocycles. The molecule has 0 radical (unpaired) electrons. The van der Waals surface area contributed by atoms with Gasteiger partial charge in [-0.2, -0.15) is 0 Å². The van der Waals surface area contributed by atoms with Crippen LogP contribution in [0.4, 0.5) is 5.69 Å². The second kappa shape index (κ2) is 11.0. The first-order valence-electron chi connectivity index (χ1n) is 9.03. The van der Waals surface area contributed by atoms with E-state index < -0.39 is 29.1 Å². The first kappa shape index (κ1) is 23.0. The second-order valence-electron chi connectivity index (χ2n) is 6.02. The number of nitrogens with one attached hydrogen (secondary N) is 1. The molecule has 1 N–H and O–H groups in total. The fourth-order valence-electron chi connectivity index (χ4n) is 2.59. The predicted octanol–water partition coefficient (Wildman–Crippen LogP) is 3.17. The molecule has 0 aliphatic heterocycles. The SMILES string of the molecule is CCOc1cc([N+](=O)[O-])c(C(=O)OCC(=O)NCCc2cccc(Cl)c2)cc1OC. The van der Waals surface area contributed by atoms with Gasteiger partial charge >= 0.3 is 5.97 Å². The predicted molar refractivity (Wildman–Crippen MR) is 109 cm³/mol. The van der Waals surface area contributed by atoms with Gasteiger partial charge in [0.15, 0.2) is 18.1 Å².